The minimum Gasteiger partial charge on any atom is -0.314 e. The normalized spacial score (nSPS) is 19.4. The Kier molecular flexibility index (Phi) is 18.9. The molecule has 0 aromatic heterocycles. The Hall–Kier alpha value is -0.120. The van der Waals surface area contributed by atoms with Gasteiger partial charge in [0.2, 0.25) is 0 Å². The maximum absolute atomic E-state index is 3.33. The third-order valence-corrected chi connectivity index (χ3v) is 4.00. The summed E-state index contributed by atoms with van der Waals surface area (Å²) in [6.45, 7) is 24.5. The Balaban J connectivity index is 0. The number of hydrogen-bond donors (Lipinski definition) is 1. The first-order valence-corrected chi connectivity index (χ1v) is 9.80. The SMILES string of the molecule is CC.CC.CC(C)N1CCCCC1.CC(C)N1CCNCC1. The van der Waals surface area contributed by atoms with Gasteiger partial charge < -0.3 is 10.2 Å². The van der Waals surface area contributed by atoms with Crippen LogP contribution in [0.25, 0.3) is 0 Å². The summed E-state index contributed by atoms with van der Waals surface area (Å²) in [4.78, 5) is 5.06. The van der Waals surface area contributed by atoms with E-state index in [1.807, 2.05) is 27.7 Å². The van der Waals surface area contributed by atoms with Crippen molar-refractivity contribution in [2.24, 2.45) is 0 Å². The molecule has 22 heavy (non-hydrogen) atoms. The molecule has 3 nitrogen and oxygen atoms in total. The molecule has 0 saturated carbocycles. The van der Waals surface area contributed by atoms with E-state index in [0.29, 0.717) is 0 Å². The highest BCUT2D eigenvalue weighted by Gasteiger charge is 2.12. The molecule has 3 heteroatoms. The lowest BCUT2D eigenvalue weighted by atomic mass is 10.1. The van der Waals surface area contributed by atoms with Crippen molar-refractivity contribution >= 4 is 0 Å². The van der Waals surface area contributed by atoms with Crippen molar-refractivity contribution in [1.82, 2.24) is 15.1 Å². The lowest BCUT2D eigenvalue weighted by molar-refractivity contribution is 0.185. The predicted molar refractivity (Wildman–Crippen MR) is 103 cm³/mol. The molecule has 0 spiro atoms. The monoisotopic (exact) mass is 315 g/mol. The van der Waals surface area contributed by atoms with Crippen molar-refractivity contribution in [3.63, 3.8) is 0 Å². The maximum atomic E-state index is 3.33. The van der Waals surface area contributed by atoms with Crippen molar-refractivity contribution in [1.29, 1.82) is 0 Å². The summed E-state index contributed by atoms with van der Waals surface area (Å²) in [5.74, 6) is 0. The van der Waals surface area contributed by atoms with Gasteiger partial charge in [-0.15, -0.1) is 0 Å². The van der Waals surface area contributed by atoms with Crippen LogP contribution in [-0.2, 0) is 0 Å². The van der Waals surface area contributed by atoms with Gasteiger partial charge in [-0.05, 0) is 53.6 Å². The fourth-order valence-electron chi connectivity index (χ4n) is 2.63. The standard InChI is InChI=1S/C8H17N.C7H16N2.2C2H6/c1-8(2)9-6-4-3-5-7-9;1-7(2)9-5-3-8-4-6-9;2*1-2/h8H,3-7H2,1-2H3;7-8H,3-6H2,1-2H3;2*1-2H3. The van der Waals surface area contributed by atoms with E-state index < -0.39 is 0 Å². The quantitative estimate of drug-likeness (QED) is 0.822. The number of likely N-dealkylation sites (tertiary alicyclic amines) is 1. The van der Waals surface area contributed by atoms with E-state index in [1.165, 1.54) is 45.4 Å². The molecule has 0 unspecified atom stereocenters. The fourth-order valence-corrected chi connectivity index (χ4v) is 2.63. The van der Waals surface area contributed by atoms with Crippen molar-refractivity contribution in [2.45, 2.75) is 86.7 Å². The average molecular weight is 316 g/mol. The van der Waals surface area contributed by atoms with Gasteiger partial charge in [0.15, 0.2) is 0 Å². The Morgan fingerprint density at radius 1 is 0.591 bits per heavy atom. The highest BCUT2D eigenvalue weighted by atomic mass is 15.2. The van der Waals surface area contributed by atoms with E-state index in [-0.39, 0.29) is 0 Å². The first-order chi connectivity index (χ1) is 10.6. The predicted octanol–water partition coefficient (Wildman–Crippen LogP) is 4.23. The molecule has 2 fully saturated rings. The molecular formula is C19H45N3. The molecule has 0 radical (unpaired) electrons. The summed E-state index contributed by atoms with van der Waals surface area (Å²) in [7, 11) is 0. The average Bonchev–Trinajstić information content (AvgIpc) is 2.60. The maximum Gasteiger partial charge on any atom is 0.0110 e. The van der Waals surface area contributed by atoms with Crippen LogP contribution in [0.15, 0.2) is 0 Å². The third kappa shape index (κ3) is 12.4. The molecule has 0 bridgehead atoms. The summed E-state index contributed by atoms with van der Waals surface area (Å²) in [6.07, 6.45) is 4.28. The van der Waals surface area contributed by atoms with Gasteiger partial charge in [-0.25, -0.2) is 0 Å². The van der Waals surface area contributed by atoms with Crippen molar-refractivity contribution in [3.05, 3.63) is 0 Å². The van der Waals surface area contributed by atoms with E-state index in [9.17, 15) is 0 Å². The molecular weight excluding hydrogens is 270 g/mol. The van der Waals surface area contributed by atoms with Crippen molar-refractivity contribution in [3.8, 4) is 0 Å². The number of piperidine rings is 1. The summed E-state index contributed by atoms with van der Waals surface area (Å²) in [5, 5.41) is 3.33. The van der Waals surface area contributed by atoms with Gasteiger partial charge in [-0.1, -0.05) is 34.1 Å². The minimum atomic E-state index is 0.729. The third-order valence-electron chi connectivity index (χ3n) is 4.00. The molecule has 2 aliphatic rings. The number of nitrogens with one attached hydrogen (secondary N) is 1. The number of nitrogens with zero attached hydrogens (tertiary/aromatic N) is 2. The van der Waals surface area contributed by atoms with Crippen LogP contribution in [0.5, 0.6) is 0 Å². The second-order valence-electron chi connectivity index (χ2n) is 6.07. The highest BCUT2D eigenvalue weighted by Crippen LogP contribution is 2.10. The van der Waals surface area contributed by atoms with Crippen molar-refractivity contribution in [2.75, 3.05) is 39.3 Å². The van der Waals surface area contributed by atoms with Crippen LogP contribution in [0.2, 0.25) is 0 Å². The highest BCUT2D eigenvalue weighted by molar-refractivity contribution is 4.70. The topological polar surface area (TPSA) is 18.5 Å². The van der Waals surface area contributed by atoms with E-state index in [2.05, 4.69) is 42.8 Å². The fraction of sp³-hybridized carbons (Fsp3) is 1.00. The second kappa shape index (κ2) is 17.2. The molecule has 2 saturated heterocycles. The molecule has 2 aliphatic heterocycles. The second-order valence-corrected chi connectivity index (χ2v) is 6.07. The van der Waals surface area contributed by atoms with Gasteiger partial charge in [0, 0.05) is 38.3 Å². The van der Waals surface area contributed by atoms with E-state index >= 15 is 0 Å². The summed E-state index contributed by atoms with van der Waals surface area (Å²) < 4.78 is 0. The largest absolute Gasteiger partial charge is 0.314 e. The molecule has 1 N–H and O–H groups in total. The van der Waals surface area contributed by atoms with Crippen LogP contribution in [-0.4, -0.2) is 61.2 Å². The Morgan fingerprint density at radius 2 is 0.955 bits per heavy atom. The summed E-state index contributed by atoms with van der Waals surface area (Å²) in [5.41, 5.74) is 0. The lowest BCUT2D eigenvalue weighted by Crippen LogP contribution is -2.46. The van der Waals surface area contributed by atoms with Crippen LogP contribution in [0, 0.1) is 0 Å². The van der Waals surface area contributed by atoms with Crippen LogP contribution in [0.1, 0.15) is 74.7 Å². The Morgan fingerprint density at radius 3 is 1.23 bits per heavy atom. The van der Waals surface area contributed by atoms with Crippen molar-refractivity contribution < 1.29 is 0 Å². The van der Waals surface area contributed by atoms with Gasteiger partial charge in [0.1, 0.15) is 0 Å². The molecule has 136 valence electrons. The van der Waals surface area contributed by atoms with Gasteiger partial charge in [-0.2, -0.15) is 0 Å². The molecule has 2 heterocycles. The van der Waals surface area contributed by atoms with E-state index in [4.69, 9.17) is 0 Å². The van der Waals surface area contributed by atoms with Gasteiger partial charge >= 0.3 is 0 Å². The Bertz CT molecular complexity index is 171. The zero-order valence-corrected chi connectivity index (χ0v) is 16.9. The molecule has 2 rings (SSSR count). The molecule has 0 aromatic rings. The van der Waals surface area contributed by atoms with Crippen LogP contribution >= 0.6 is 0 Å². The molecule has 0 amide bonds. The number of rotatable bonds is 2. The van der Waals surface area contributed by atoms with Crippen LogP contribution in [0.4, 0.5) is 0 Å². The van der Waals surface area contributed by atoms with Crippen LogP contribution in [0.3, 0.4) is 0 Å². The zero-order chi connectivity index (χ0) is 17.4. The first kappa shape index (κ1) is 24.1. The van der Waals surface area contributed by atoms with Gasteiger partial charge in [0.05, 0.1) is 0 Å². The van der Waals surface area contributed by atoms with E-state index in [0.717, 1.165) is 25.2 Å². The number of hydrogen-bond acceptors (Lipinski definition) is 3. The van der Waals surface area contributed by atoms with Gasteiger partial charge in [-0.3, -0.25) is 4.90 Å². The molecule has 0 atom stereocenters. The number of piperazine rings is 1. The summed E-state index contributed by atoms with van der Waals surface area (Å²) in [6, 6.07) is 1.50. The minimum absolute atomic E-state index is 0.729. The lowest BCUT2D eigenvalue weighted by Gasteiger charge is -2.30. The first-order valence-electron chi connectivity index (χ1n) is 9.80. The smallest absolute Gasteiger partial charge is 0.0110 e. The van der Waals surface area contributed by atoms with Gasteiger partial charge in [0.25, 0.3) is 0 Å². The zero-order valence-electron chi connectivity index (χ0n) is 16.9. The van der Waals surface area contributed by atoms with E-state index in [1.54, 1.807) is 0 Å². The Labute approximate surface area is 141 Å². The summed E-state index contributed by atoms with van der Waals surface area (Å²) >= 11 is 0. The molecule has 0 aromatic carbocycles. The molecule has 0 aliphatic carbocycles. The van der Waals surface area contributed by atoms with Crippen LogP contribution < -0.4 is 5.32 Å².